The molecule has 1 aliphatic rings. The minimum Gasteiger partial charge on any atom is -0.373 e. The zero-order chi connectivity index (χ0) is 18.6. The highest BCUT2D eigenvalue weighted by Gasteiger charge is 2.24. The molecule has 7 heteroatoms. The van der Waals surface area contributed by atoms with E-state index in [9.17, 15) is 4.79 Å². The maximum absolute atomic E-state index is 12.6. The van der Waals surface area contributed by atoms with Crippen molar-refractivity contribution in [1.82, 2.24) is 24.6 Å². The fraction of sp³-hybridized carbons (Fsp3) is 0.450. The predicted octanol–water partition coefficient (Wildman–Crippen LogP) is 2.32. The van der Waals surface area contributed by atoms with Crippen molar-refractivity contribution in [2.24, 2.45) is 0 Å². The van der Waals surface area contributed by atoms with Crippen LogP contribution in [0.15, 0.2) is 36.7 Å². The molecule has 3 heterocycles. The van der Waals surface area contributed by atoms with Gasteiger partial charge >= 0.3 is 0 Å². The van der Waals surface area contributed by atoms with Gasteiger partial charge in [-0.15, -0.1) is 0 Å². The van der Waals surface area contributed by atoms with Gasteiger partial charge in [-0.1, -0.05) is 12.1 Å². The number of morpholine rings is 1. The number of hydrogen-bond acceptors (Lipinski definition) is 4. The number of nitrogens with one attached hydrogen (secondary N) is 1. The second-order valence-electron chi connectivity index (χ2n) is 7.13. The number of H-pyrrole nitrogens is 1. The molecule has 0 radical (unpaired) electrons. The number of carbonyl (C=O) groups excluding carboxylic acids is 1. The van der Waals surface area contributed by atoms with Crippen LogP contribution in [0.2, 0.25) is 0 Å². The Morgan fingerprint density at radius 2 is 2.26 bits per heavy atom. The zero-order valence-corrected chi connectivity index (χ0v) is 15.6. The van der Waals surface area contributed by atoms with Crippen LogP contribution in [0.4, 0.5) is 0 Å². The maximum Gasteiger partial charge on any atom is 0.222 e. The summed E-state index contributed by atoms with van der Waals surface area (Å²) in [6.45, 7) is 4.57. The first-order valence-corrected chi connectivity index (χ1v) is 9.49. The lowest BCUT2D eigenvalue weighted by molar-refractivity contribution is -0.139. The summed E-state index contributed by atoms with van der Waals surface area (Å²) in [6, 6.07) is 7.99. The second kappa shape index (κ2) is 7.92. The Hall–Kier alpha value is -2.67. The van der Waals surface area contributed by atoms with E-state index in [1.54, 1.807) is 0 Å². The molecular formula is C20H25N5O2. The SMILES string of the molecule is Cc1cnn(CC2CN(C(=O)CCCc3nc4ccccc4[nH]3)CCO2)c1. The van der Waals surface area contributed by atoms with Crippen LogP contribution in [0.5, 0.6) is 0 Å². The summed E-state index contributed by atoms with van der Waals surface area (Å²) in [5.41, 5.74) is 3.15. The first-order chi connectivity index (χ1) is 13.2. The molecule has 1 amide bonds. The summed E-state index contributed by atoms with van der Waals surface area (Å²) in [7, 11) is 0. The number of aryl methyl sites for hydroxylation is 2. The molecule has 1 atom stereocenters. The van der Waals surface area contributed by atoms with Gasteiger partial charge in [-0.25, -0.2) is 4.98 Å². The molecule has 27 heavy (non-hydrogen) atoms. The number of benzene rings is 1. The van der Waals surface area contributed by atoms with E-state index < -0.39 is 0 Å². The number of aromatic amines is 1. The minimum absolute atomic E-state index is 0.00243. The van der Waals surface area contributed by atoms with Crippen LogP contribution < -0.4 is 0 Å². The van der Waals surface area contributed by atoms with Crippen LogP contribution in [0.25, 0.3) is 11.0 Å². The van der Waals surface area contributed by atoms with Crippen LogP contribution in [-0.2, 0) is 22.5 Å². The summed E-state index contributed by atoms with van der Waals surface area (Å²) < 4.78 is 7.69. The molecule has 4 rings (SSSR count). The predicted molar refractivity (Wildman–Crippen MR) is 102 cm³/mol. The Morgan fingerprint density at radius 1 is 1.37 bits per heavy atom. The Kier molecular flexibility index (Phi) is 5.20. The molecule has 7 nitrogen and oxygen atoms in total. The topological polar surface area (TPSA) is 76.0 Å². The monoisotopic (exact) mass is 367 g/mol. The first-order valence-electron chi connectivity index (χ1n) is 9.49. The molecule has 1 aliphatic heterocycles. The van der Waals surface area contributed by atoms with Gasteiger partial charge in [-0.3, -0.25) is 9.48 Å². The van der Waals surface area contributed by atoms with Crippen molar-refractivity contribution in [3.63, 3.8) is 0 Å². The Morgan fingerprint density at radius 3 is 3.07 bits per heavy atom. The lowest BCUT2D eigenvalue weighted by atomic mass is 10.2. The van der Waals surface area contributed by atoms with Crippen molar-refractivity contribution in [2.75, 3.05) is 19.7 Å². The highest BCUT2D eigenvalue weighted by Crippen LogP contribution is 2.14. The number of imidazole rings is 1. The lowest BCUT2D eigenvalue weighted by Gasteiger charge is -2.33. The normalized spacial score (nSPS) is 17.5. The summed E-state index contributed by atoms with van der Waals surface area (Å²) in [5.74, 6) is 1.13. The highest BCUT2D eigenvalue weighted by atomic mass is 16.5. The second-order valence-corrected chi connectivity index (χ2v) is 7.13. The third-order valence-electron chi connectivity index (χ3n) is 4.89. The van der Waals surface area contributed by atoms with Crippen molar-refractivity contribution >= 4 is 16.9 Å². The number of para-hydroxylation sites is 2. The van der Waals surface area contributed by atoms with E-state index in [1.165, 1.54) is 0 Å². The molecule has 3 aromatic rings. The molecule has 1 unspecified atom stereocenters. The number of amides is 1. The third kappa shape index (κ3) is 4.36. The number of ether oxygens (including phenoxy) is 1. The van der Waals surface area contributed by atoms with Crippen molar-refractivity contribution in [3.05, 3.63) is 48.0 Å². The molecule has 2 aromatic heterocycles. The van der Waals surface area contributed by atoms with E-state index in [2.05, 4.69) is 15.1 Å². The van der Waals surface area contributed by atoms with Crippen LogP contribution >= 0.6 is 0 Å². The summed E-state index contributed by atoms with van der Waals surface area (Å²) in [4.78, 5) is 22.4. The van der Waals surface area contributed by atoms with Crippen molar-refractivity contribution in [3.8, 4) is 0 Å². The Balaban J connectivity index is 1.26. The minimum atomic E-state index is -0.00243. The van der Waals surface area contributed by atoms with Crippen LogP contribution in [0, 0.1) is 6.92 Å². The van der Waals surface area contributed by atoms with E-state index in [1.807, 2.05) is 53.2 Å². The van der Waals surface area contributed by atoms with E-state index in [-0.39, 0.29) is 12.0 Å². The number of carbonyl (C=O) groups is 1. The van der Waals surface area contributed by atoms with Crippen LogP contribution in [0.3, 0.4) is 0 Å². The smallest absolute Gasteiger partial charge is 0.222 e. The van der Waals surface area contributed by atoms with E-state index in [0.717, 1.165) is 35.3 Å². The molecule has 1 aromatic carbocycles. The first kappa shape index (κ1) is 17.7. The quantitative estimate of drug-likeness (QED) is 0.725. The Labute approximate surface area is 158 Å². The van der Waals surface area contributed by atoms with E-state index in [0.29, 0.717) is 32.7 Å². The molecule has 0 aliphatic carbocycles. The fourth-order valence-electron chi connectivity index (χ4n) is 3.52. The number of nitrogens with zero attached hydrogens (tertiary/aromatic N) is 4. The third-order valence-corrected chi connectivity index (χ3v) is 4.89. The van der Waals surface area contributed by atoms with Crippen molar-refractivity contribution in [2.45, 2.75) is 38.8 Å². The maximum atomic E-state index is 12.6. The molecule has 142 valence electrons. The Bertz CT molecular complexity index is 883. The van der Waals surface area contributed by atoms with Gasteiger partial charge in [-0.2, -0.15) is 5.10 Å². The van der Waals surface area contributed by atoms with Gasteiger partial charge < -0.3 is 14.6 Å². The number of hydrogen-bond donors (Lipinski definition) is 1. The standard InChI is InChI=1S/C20H25N5O2/c1-15-11-21-25(12-15)14-16-13-24(9-10-27-16)20(26)8-4-7-19-22-17-5-2-3-6-18(17)23-19/h2-3,5-6,11-12,16H,4,7-10,13-14H2,1H3,(H,22,23). The van der Waals surface area contributed by atoms with Crippen LogP contribution in [-0.4, -0.2) is 56.4 Å². The summed E-state index contributed by atoms with van der Waals surface area (Å²) >= 11 is 0. The molecule has 1 fully saturated rings. The van der Waals surface area contributed by atoms with Gasteiger partial charge in [0.2, 0.25) is 5.91 Å². The molecule has 1 saturated heterocycles. The van der Waals surface area contributed by atoms with E-state index >= 15 is 0 Å². The molecule has 0 saturated carbocycles. The van der Waals surface area contributed by atoms with Crippen LogP contribution in [0.1, 0.15) is 24.2 Å². The summed E-state index contributed by atoms with van der Waals surface area (Å²) in [5, 5.41) is 4.30. The van der Waals surface area contributed by atoms with Gasteiger partial charge in [0.05, 0.1) is 36.5 Å². The van der Waals surface area contributed by atoms with Gasteiger partial charge in [0.1, 0.15) is 5.82 Å². The van der Waals surface area contributed by atoms with Gasteiger partial charge in [-0.05, 0) is 31.0 Å². The zero-order valence-electron chi connectivity index (χ0n) is 15.6. The van der Waals surface area contributed by atoms with Gasteiger partial charge in [0, 0.05) is 32.1 Å². The number of fused-ring (bicyclic) bond motifs is 1. The molecular weight excluding hydrogens is 342 g/mol. The number of aromatic nitrogens is 4. The van der Waals surface area contributed by atoms with Gasteiger partial charge in [0.15, 0.2) is 0 Å². The largest absolute Gasteiger partial charge is 0.373 e. The van der Waals surface area contributed by atoms with Crippen molar-refractivity contribution in [1.29, 1.82) is 0 Å². The average Bonchev–Trinajstić information content (AvgIpc) is 3.27. The van der Waals surface area contributed by atoms with E-state index in [4.69, 9.17) is 4.74 Å². The van der Waals surface area contributed by atoms with Gasteiger partial charge in [0.25, 0.3) is 0 Å². The molecule has 0 bridgehead atoms. The summed E-state index contributed by atoms with van der Waals surface area (Å²) in [6.07, 6.45) is 5.93. The lowest BCUT2D eigenvalue weighted by Crippen LogP contribution is -2.47. The average molecular weight is 367 g/mol. The van der Waals surface area contributed by atoms with Crippen molar-refractivity contribution < 1.29 is 9.53 Å². The molecule has 0 spiro atoms. The number of rotatable bonds is 6. The fourth-order valence-corrected chi connectivity index (χ4v) is 3.52. The highest BCUT2D eigenvalue weighted by molar-refractivity contribution is 5.76. The molecule has 1 N–H and O–H groups in total.